The zero-order valence-electron chi connectivity index (χ0n) is 12.3. The van der Waals surface area contributed by atoms with Crippen LogP contribution in [0.4, 0.5) is 0 Å². The molecule has 2 heterocycles. The third-order valence-electron chi connectivity index (χ3n) is 4.60. The lowest BCUT2D eigenvalue weighted by atomic mass is 9.92. The van der Waals surface area contributed by atoms with E-state index in [4.69, 9.17) is 0 Å². The predicted molar refractivity (Wildman–Crippen MR) is 88.8 cm³/mol. The van der Waals surface area contributed by atoms with Crippen molar-refractivity contribution in [3.8, 4) is 0 Å². The van der Waals surface area contributed by atoms with Crippen molar-refractivity contribution in [1.82, 2.24) is 10.2 Å². The summed E-state index contributed by atoms with van der Waals surface area (Å²) in [7, 11) is 0. The number of thioether (sulfide) groups is 1. The Kier molecular flexibility index (Phi) is 5.40. The van der Waals surface area contributed by atoms with Crippen molar-refractivity contribution >= 4 is 11.8 Å². The van der Waals surface area contributed by atoms with Crippen LogP contribution < -0.4 is 5.32 Å². The summed E-state index contributed by atoms with van der Waals surface area (Å²) in [5.41, 5.74) is 3.06. The SMILES string of the molecule is c1cc(C2CCSCC2)ccc1CCN1CCNCC1. The van der Waals surface area contributed by atoms with Crippen molar-refractivity contribution in [1.29, 1.82) is 0 Å². The van der Waals surface area contributed by atoms with Crippen LogP contribution >= 0.6 is 11.8 Å². The largest absolute Gasteiger partial charge is 0.314 e. The summed E-state index contributed by atoms with van der Waals surface area (Å²) < 4.78 is 0. The van der Waals surface area contributed by atoms with Crippen LogP contribution in [0.3, 0.4) is 0 Å². The van der Waals surface area contributed by atoms with Gasteiger partial charge in [0, 0.05) is 32.7 Å². The van der Waals surface area contributed by atoms with Gasteiger partial charge in [0.1, 0.15) is 0 Å². The van der Waals surface area contributed by atoms with Gasteiger partial charge in [-0.2, -0.15) is 11.8 Å². The minimum atomic E-state index is 0.818. The molecule has 3 rings (SSSR count). The smallest absolute Gasteiger partial charge is 0.0108 e. The van der Waals surface area contributed by atoms with E-state index >= 15 is 0 Å². The van der Waals surface area contributed by atoms with Gasteiger partial charge in [0.05, 0.1) is 0 Å². The van der Waals surface area contributed by atoms with Crippen LogP contribution in [-0.4, -0.2) is 49.1 Å². The molecule has 0 aromatic heterocycles. The molecule has 0 saturated carbocycles. The summed E-state index contributed by atoms with van der Waals surface area (Å²) in [5.74, 6) is 3.50. The molecule has 2 fully saturated rings. The first-order chi connectivity index (χ1) is 9.92. The van der Waals surface area contributed by atoms with E-state index < -0.39 is 0 Å². The second kappa shape index (κ2) is 7.48. The van der Waals surface area contributed by atoms with Crippen molar-refractivity contribution in [3.63, 3.8) is 0 Å². The lowest BCUT2D eigenvalue weighted by molar-refractivity contribution is 0.244. The molecule has 0 aliphatic carbocycles. The molecule has 20 heavy (non-hydrogen) atoms. The Morgan fingerprint density at radius 2 is 1.75 bits per heavy atom. The normalized spacial score (nSPS) is 22.0. The number of benzene rings is 1. The summed E-state index contributed by atoms with van der Waals surface area (Å²) in [5, 5.41) is 3.41. The van der Waals surface area contributed by atoms with Gasteiger partial charge in [0.15, 0.2) is 0 Å². The lowest BCUT2D eigenvalue weighted by Gasteiger charge is -2.27. The van der Waals surface area contributed by atoms with Gasteiger partial charge in [0.2, 0.25) is 0 Å². The van der Waals surface area contributed by atoms with Gasteiger partial charge in [-0.3, -0.25) is 0 Å². The van der Waals surface area contributed by atoms with Crippen molar-refractivity contribution < 1.29 is 0 Å². The van der Waals surface area contributed by atoms with E-state index in [1.165, 1.54) is 56.0 Å². The molecule has 2 nitrogen and oxygen atoms in total. The summed E-state index contributed by atoms with van der Waals surface area (Å²) in [6.45, 7) is 5.92. The van der Waals surface area contributed by atoms with Gasteiger partial charge in [-0.15, -0.1) is 0 Å². The Hall–Kier alpha value is -0.510. The molecule has 110 valence electrons. The Morgan fingerprint density at radius 1 is 1.05 bits per heavy atom. The van der Waals surface area contributed by atoms with Crippen LogP contribution in [-0.2, 0) is 6.42 Å². The fourth-order valence-corrected chi connectivity index (χ4v) is 4.32. The van der Waals surface area contributed by atoms with Crippen molar-refractivity contribution in [2.75, 3.05) is 44.2 Å². The summed E-state index contributed by atoms with van der Waals surface area (Å²) in [6.07, 6.45) is 3.93. The second-order valence-electron chi connectivity index (χ2n) is 5.97. The fraction of sp³-hybridized carbons (Fsp3) is 0.647. The molecule has 2 aliphatic rings. The van der Waals surface area contributed by atoms with Crippen LogP contribution in [0.5, 0.6) is 0 Å². The average molecular weight is 290 g/mol. The van der Waals surface area contributed by atoms with E-state index in [1.54, 1.807) is 5.56 Å². The highest BCUT2D eigenvalue weighted by Crippen LogP contribution is 2.31. The Morgan fingerprint density at radius 3 is 2.45 bits per heavy atom. The van der Waals surface area contributed by atoms with E-state index in [0.717, 1.165) is 19.0 Å². The van der Waals surface area contributed by atoms with Gasteiger partial charge < -0.3 is 10.2 Å². The average Bonchev–Trinajstić information content (AvgIpc) is 2.55. The number of hydrogen-bond acceptors (Lipinski definition) is 3. The first kappa shape index (κ1) is 14.4. The molecule has 0 bridgehead atoms. The summed E-state index contributed by atoms with van der Waals surface area (Å²) in [4.78, 5) is 2.57. The van der Waals surface area contributed by atoms with Crippen LogP contribution in [0.15, 0.2) is 24.3 Å². The van der Waals surface area contributed by atoms with Crippen LogP contribution in [0, 0.1) is 0 Å². The standard InChI is InChI=1S/C17H26N2S/c1-3-16(17-6-13-20-14-7-17)4-2-15(1)5-10-19-11-8-18-9-12-19/h1-4,17-18H,5-14H2. The highest BCUT2D eigenvalue weighted by Gasteiger charge is 2.15. The number of piperazine rings is 1. The predicted octanol–water partition coefficient (Wildman–Crippen LogP) is 2.74. The highest BCUT2D eigenvalue weighted by molar-refractivity contribution is 7.99. The maximum Gasteiger partial charge on any atom is 0.0108 e. The molecule has 0 atom stereocenters. The minimum absolute atomic E-state index is 0.818. The molecule has 1 aromatic rings. The highest BCUT2D eigenvalue weighted by atomic mass is 32.2. The van der Waals surface area contributed by atoms with E-state index in [9.17, 15) is 0 Å². The molecule has 0 unspecified atom stereocenters. The van der Waals surface area contributed by atoms with Gasteiger partial charge >= 0.3 is 0 Å². The Labute approximate surface area is 127 Å². The number of rotatable bonds is 4. The van der Waals surface area contributed by atoms with Crippen LogP contribution in [0.1, 0.15) is 29.9 Å². The maximum atomic E-state index is 3.41. The topological polar surface area (TPSA) is 15.3 Å². The van der Waals surface area contributed by atoms with E-state index in [1.807, 2.05) is 0 Å². The van der Waals surface area contributed by atoms with Crippen LogP contribution in [0.2, 0.25) is 0 Å². The zero-order valence-corrected chi connectivity index (χ0v) is 13.1. The van der Waals surface area contributed by atoms with E-state index in [2.05, 4.69) is 46.2 Å². The molecule has 0 spiro atoms. The number of nitrogens with one attached hydrogen (secondary N) is 1. The van der Waals surface area contributed by atoms with E-state index in [-0.39, 0.29) is 0 Å². The molecule has 0 radical (unpaired) electrons. The lowest BCUT2D eigenvalue weighted by Crippen LogP contribution is -2.44. The first-order valence-electron chi connectivity index (χ1n) is 8.01. The summed E-state index contributed by atoms with van der Waals surface area (Å²) in [6, 6.07) is 9.49. The second-order valence-corrected chi connectivity index (χ2v) is 7.19. The number of hydrogen-bond donors (Lipinski definition) is 1. The van der Waals surface area contributed by atoms with Gasteiger partial charge in [-0.05, 0) is 47.8 Å². The monoisotopic (exact) mass is 290 g/mol. The molecule has 1 aromatic carbocycles. The third kappa shape index (κ3) is 4.00. The third-order valence-corrected chi connectivity index (χ3v) is 5.65. The maximum absolute atomic E-state index is 3.41. The van der Waals surface area contributed by atoms with Crippen LogP contribution in [0.25, 0.3) is 0 Å². The Balaban J connectivity index is 1.50. The van der Waals surface area contributed by atoms with Crippen molar-refractivity contribution in [2.24, 2.45) is 0 Å². The van der Waals surface area contributed by atoms with Crippen molar-refractivity contribution in [3.05, 3.63) is 35.4 Å². The Bertz CT molecular complexity index is 392. The zero-order chi connectivity index (χ0) is 13.6. The molecule has 2 aliphatic heterocycles. The van der Waals surface area contributed by atoms with Gasteiger partial charge in [-0.25, -0.2) is 0 Å². The van der Waals surface area contributed by atoms with Gasteiger partial charge in [-0.1, -0.05) is 24.3 Å². The minimum Gasteiger partial charge on any atom is -0.314 e. The first-order valence-corrected chi connectivity index (χ1v) is 9.17. The molecular formula is C17H26N2S. The molecule has 1 N–H and O–H groups in total. The molecule has 3 heteroatoms. The van der Waals surface area contributed by atoms with E-state index in [0.29, 0.717) is 0 Å². The fourth-order valence-electron chi connectivity index (χ4n) is 3.21. The quantitative estimate of drug-likeness (QED) is 0.918. The molecular weight excluding hydrogens is 264 g/mol. The number of nitrogens with zero attached hydrogens (tertiary/aromatic N) is 1. The molecule has 2 saturated heterocycles. The van der Waals surface area contributed by atoms with Crippen molar-refractivity contribution in [2.45, 2.75) is 25.2 Å². The summed E-state index contributed by atoms with van der Waals surface area (Å²) >= 11 is 2.11. The molecule has 0 amide bonds. The van der Waals surface area contributed by atoms with Gasteiger partial charge in [0.25, 0.3) is 0 Å².